The molecule has 21 heavy (non-hydrogen) atoms. The number of sulfonamides is 2. The van der Waals surface area contributed by atoms with Crippen LogP contribution in [0, 0.1) is 0 Å². The fourth-order valence-electron chi connectivity index (χ4n) is 1.33. The average Bonchev–Trinajstić information content (AvgIpc) is 2.86. The maximum absolute atomic E-state index is 12.1. The first-order valence-corrected chi connectivity index (χ1v) is 9.00. The van der Waals surface area contributed by atoms with Crippen LogP contribution in [0.3, 0.4) is 0 Å². The molecule has 0 aliphatic carbocycles. The Labute approximate surface area is 123 Å². The highest BCUT2D eigenvalue weighted by atomic mass is 32.2. The number of hydrogen-bond donors (Lipinski definition) is 1. The van der Waals surface area contributed by atoms with E-state index in [0.29, 0.717) is 0 Å². The van der Waals surface area contributed by atoms with E-state index in [1.54, 1.807) is 0 Å². The van der Waals surface area contributed by atoms with Gasteiger partial charge in [0, 0.05) is 20.1 Å². The Hall–Kier alpha value is -1.43. The Morgan fingerprint density at radius 1 is 1.33 bits per heavy atom. The van der Waals surface area contributed by atoms with Gasteiger partial charge in [0.05, 0.1) is 13.4 Å². The van der Waals surface area contributed by atoms with Crippen LogP contribution in [0.4, 0.5) is 0 Å². The summed E-state index contributed by atoms with van der Waals surface area (Å²) >= 11 is 0. The molecule has 1 aromatic rings. The second-order valence-electron chi connectivity index (χ2n) is 4.10. The van der Waals surface area contributed by atoms with E-state index in [4.69, 9.17) is 4.42 Å². The van der Waals surface area contributed by atoms with Gasteiger partial charge in [-0.2, -0.15) is 4.31 Å². The molecule has 0 aliphatic heterocycles. The molecule has 0 fully saturated rings. The van der Waals surface area contributed by atoms with Gasteiger partial charge in [-0.05, 0) is 12.1 Å². The molecule has 0 unspecified atom stereocenters. The minimum Gasteiger partial charge on any atom is -0.463 e. The fourth-order valence-corrected chi connectivity index (χ4v) is 2.87. The summed E-state index contributed by atoms with van der Waals surface area (Å²) in [7, 11) is -4.95. The van der Waals surface area contributed by atoms with E-state index >= 15 is 0 Å². The Morgan fingerprint density at radius 2 is 1.95 bits per heavy atom. The van der Waals surface area contributed by atoms with E-state index in [2.05, 4.69) is 9.46 Å². The Balaban J connectivity index is 2.80. The van der Waals surface area contributed by atoms with Crippen molar-refractivity contribution in [3.8, 4) is 0 Å². The van der Waals surface area contributed by atoms with Crippen molar-refractivity contribution in [1.29, 1.82) is 0 Å². The fraction of sp³-hybridized carbons (Fsp3) is 0.500. The van der Waals surface area contributed by atoms with E-state index in [-0.39, 0.29) is 18.8 Å². The van der Waals surface area contributed by atoms with Crippen molar-refractivity contribution in [2.45, 2.75) is 5.09 Å². The molecule has 1 rings (SSSR count). The largest absolute Gasteiger partial charge is 0.463 e. The second kappa shape index (κ2) is 6.56. The third-order valence-corrected chi connectivity index (χ3v) is 4.88. The molecule has 11 heteroatoms. The molecule has 0 atom stereocenters. The molecule has 1 heterocycles. The summed E-state index contributed by atoms with van der Waals surface area (Å²) in [6.07, 6.45) is 0.969. The summed E-state index contributed by atoms with van der Waals surface area (Å²) in [4.78, 5) is 11.2. The number of hydrogen-bond acceptors (Lipinski definition) is 7. The van der Waals surface area contributed by atoms with Crippen LogP contribution in [0.25, 0.3) is 0 Å². The molecule has 1 aromatic heterocycles. The van der Waals surface area contributed by atoms with Crippen molar-refractivity contribution < 1.29 is 30.8 Å². The maximum atomic E-state index is 12.1. The van der Waals surface area contributed by atoms with Crippen LogP contribution in [-0.2, 0) is 24.8 Å². The van der Waals surface area contributed by atoms with Crippen LogP contribution in [0.1, 0.15) is 10.6 Å². The van der Waals surface area contributed by atoms with E-state index in [9.17, 15) is 21.6 Å². The number of methoxy groups -OCH3 is 1. The number of ether oxygens (including phenoxy) is 1. The normalized spacial score (nSPS) is 12.6. The summed E-state index contributed by atoms with van der Waals surface area (Å²) in [5.74, 6) is -1.03. The van der Waals surface area contributed by atoms with Crippen molar-refractivity contribution in [2.75, 3.05) is 33.5 Å². The van der Waals surface area contributed by atoms with Crippen LogP contribution in [0.15, 0.2) is 21.6 Å². The van der Waals surface area contributed by atoms with Gasteiger partial charge in [-0.1, -0.05) is 0 Å². The Bertz CT molecular complexity index is 706. The number of rotatable bonds is 7. The van der Waals surface area contributed by atoms with Crippen molar-refractivity contribution >= 4 is 26.0 Å². The molecule has 0 aliphatic rings. The Kier molecular flexibility index (Phi) is 5.50. The summed E-state index contributed by atoms with van der Waals surface area (Å²) in [6, 6.07) is 2.31. The van der Waals surface area contributed by atoms with Crippen molar-refractivity contribution in [3.63, 3.8) is 0 Å². The molecule has 0 spiro atoms. The zero-order valence-corrected chi connectivity index (χ0v) is 13.3. The second-order valence-corrected chi connectivity index (χ2v) is 7.91. The SMILES string of the molecule is COC(=O)c1ccc(S(=O)(=O)N(C)CCNS(C)(=O)=O)o1. The third-order valence-electron chi connectivity index (χ3n) is 2.42. The summed E-state index contributed by atoms with van der Waals surface area (Å²) in [5.41, 5.74) is 0. The Morgan fingerprint density at radius 3 is 2.48 bits per heavy atom. The molecule has 120 valence electrons. The zero-order chi connectivity index (χ0) is 16.3. The smallest absolute Gasteiger partial charge is 0.374 e. The first-order valence-electron chi connectivity index (χ1n) is 5.67. The third kappa shape index (κ3) is 4.81. The lowest BCUT2D eigenvalue weighted by molar-refractivity contribution is 0.0558. The van der Waals surface area contributed by atoms with Gasteiger partial charge in [0.1, 0.15) is 0 Å². The molecule has 0 bridgehead atoms. The lowest BCUT2D eigenvalue weighted by atomic mass is 10.5. The summed E-state index contributed by atoms with van der Waals surface area (Å²) in [6.45, 7) is -0.178. The molecule has 0 saturated carbocycles. The topological polar surface area (TPSA) is 123 Å². The average molecular weight is 340 g/mol. The maximum Gasteiger partial charge on any atom is 0.374 e. The molecule has 9 nitrogen and oxygen atoms in total. The highest BCUT2D eigenvalue weighted by molar-refractivity contribution is 7.89. The van der Waals surface area contributed by atoms with Gasteiger partial charge in [0.25, 0.3) is 10.0 Å². The van der Waals surface area contributed by atoms with Gasteiger partial charge in [0.15, 0.2) is 0 Å². The molecular formula is C10H16N2O7S2. The van der Waals surface area contributed by atoms with Crippen LogP contribution >= 0.6 is 0 Å². The number of esters is 1. The minimum absolute atomic E-state index is 0.0842. The van der Waals surface area contributed by atoms with Gasteiger partial charge in [-0.3, -0.25) is 0 Å². The van der Waals surface area contributed by atoms with Gasteiger partial charge >= 0.3 is 5.97 Å². The standard InChI is InChI=1S/C10H16N2O7S2/c1-12(7-6-11-20(3,14)15)21(16,17)9-5-4-8(19-9)10(13)18-2/h4-5,11H,6-7H2,1-3H3. The van der Waals surface area contributed by atoms with Gasteiger partial charge in [-0.15, -0.1) is 0 Å². The van der Waals surface area contributed by atoms with Crippen LogP contribution in [0.2, 0.25) is 0 Å². The van der Waals surface area contributed by atoms with Crippen LogP contribution in [0.5, 0.6) is 0 Å². The molecular weight excluding hydrogens is 324 g/mol. The summed E-state index contributed by atoms with van der Waals surface area (Å²) < 4.78 is 58.4. The zero-order valence-electron chi connectivity index (χ0n) is 11.7. The van der Waals surface area contributed by atoms with Crippen molar-refractivity contribution in [3.05, 3.63) is 17.9 Å². The van der Waals surface area contributed by atoms with Gasteiger partial charge in [-0.25, -0.2) is 26.4 Å². The van der Waals surface area contributed by atoms with Crippen LogP contribution in [-0.4, -0.2) is 60.6 Å². The molecule has 0 amide bonds. The van der Waals surface area contributed by atoms with E-state index in [1.165, 1.54) is 13.1 Å². The van der Waals surface area contributed by atoms with Crippen LogP contribution < -0.4 is 4.72 Å². The lowest BCUT2D eigenvalue weighted by Gasteiger charge is -2.15. The predicted octanol–water partition coefficient (Wildman–Crippen LogP) is -0.764. The molecule has 1 N–H and O–H groups in total. The monoisotopic (exact) mass is 340 g/mol. The quantitative estimate of drug-likeness (QED) is 0.647. The van der Waals surface area contributed by atoms with Crippen molar-refractivity contribution in [1.82, 2.24) is 9.03 Å². The lowest BCUT2D eigenvalue weighted by Crippen LogP contribution is -2.35. The highest BCUT2D eigenvalue weighted by Gasteiger charge is 2.26. The minimum atomic E-state index is -3.95. The van der Waals surface area contributed by atoms with E-state index < -0.39 is 31.1 Å². The first kappa shape index (κ1) is 17.6. The van der Waals surface area contributed by atoms with Crippen molar-refractivity contribution in [2.24, 2.45) is 0 Å². The molecule has 0 radical (unpaired) electrons. The predicted molar refractivity (Wildman–Crippen MR) is 72.7 cm³/mol. The number of carbonyl (C=O) groups excluding carboxylic acids is 1. The first-order chi connectivity index (χ1) is 9.58. The van der Waals surface area contributed by atoms with Gasteiger partial charge < -0.3 is 9.15 Å². The number of nitrogens with zero attached hydrogens (tertiary/aromatic N) is 1. The number of furan rings is 1. The number of likely N-dealkylation sites (N-methyl/N-ethyl adjacent to an activating group) is 1. The highest BCUT2D eigenvalue weighted by Crippen LogP contribution is 2.18. The van der Waals surface area contributed by atoms with E-state index in [1.807, 2.05) is 0 Å². The number of carbonyl (C=O) groups is 1. The van der Waals surface area contributed by atoms with Gasteiger partial charge in [0.2, 0.25) is 20.9 Å². The molecule has 0 aromatic carbocycles. The number of nitrogens with one attached hydrogen (secondary N) is 1. The molecule has 0 saturated heterocycles. The van der Waals surface area contributed by atoms with E-state index in [0.717, 1.165) is 23.7 Å². The summed E-state index contributed by atoms with van der Waals surface area (Å²) in [5, 5.41) is -0.426.